The molecule has 3 rings (SSSR count). The largest absolute Gasteiger partial charge is 0.444 e. The van der Waals surface area contributed by atoms with Crippen LogP contribution in [0.1, 0.15) is 39.2 Å². The molecule has 0 aromatic carbocycles. The number of hydrogen-bond donors (Lipinski definition) is 1. The lowest BCUT2D eigenvalue weighted by Crippen LogP contribution is -2.47. The number of amides is 2. The van der Waals surface area contributed by atoms with Crippen LogP contribution < -0.4 is 5.32 Å². The number of nitrogens with one attached hydrogen (secondary N) is 1. The van der Waals surface area contributed by atoms with Gasteiger partial charge in [-0.25, -0.2) is 9.78 Å². The topological polar surface area (TPSA) is 90.0 Å². The number of pyridine rings is 1. The maximum atomic E-state index is 13.2. The number of halogens is 1. The molecule has 2 aliphatic rings. The number of nitrogens with zero attached hydrogens (tertiary/aromatic N) is 2. The lowest BCUT2D eigenvalue weighted by Gasteiger charge is -2.29. The molecule has 2 amide bonds. The highest BCUT2D eigenvalue weighted by Gasteiger charge is 2.68. The number of likely N-dealkylation sites (tertiary alicyclic amines) is 1. The first kappa shape index (κ1) is 23.0. The second-order valence-electron chi connectivity index (χ2n) is 9.02. The molecule has 0 bridgehead atoms. The molecule has 30 heavy (non-hydrogen) atoms. The van der Waals surface area contributed by atoms with Gasteiger partial charge in [-0.2, -0.15) is 0 Å². The van der Waals surface area contributed by atoms with Gasteiger partial charge in [0.1, 0.15) is 22.1 Å². The van der Waals surface area contributed by atoms with Gasteiger partial charge in [0.15, 0.2) is 0 Å². The molecule has 1 saturated heterocycles. The molecule has 3 atom stereocenters. The Morgan fingerprint density at radius 1 is 1.30 bits per heavy atom. The Balaban J connectivity index is 1.76. The summed E-state index contributed by atoms with van der Waals surface area (Å²) in [5.74, 6) is 0.211. The number of rotatable bonds is 7. The quantitative estimate of drug-likeness (QED) is 0.471. The van der Waals surface area contributed by atoms with Crippen LogP contribution in [0.15, 0.2) is 16.7 Å². The lowest BCUT2D eigenvalue weighted by molar-refractivity contribution is -0.121. The van der Waals surface area contributed by atoms with E-state index in [2.05, 4.69) is 26.2 Å². The third-order valence-electron chi connectivity index (χ3n) is 5.45. The Morgan fingerprint density at radius 3 is 2.70 bits per heavy atom. The van der Waals surface area contributed by atoms with Gasteiger partial charge in [0.25, 0.3) is 0 Å². The van der Waals surface area contributed by atoms with Crippen LogP contribution in [-0.2, 0) is 19.0 Å². The SMILES string of the molecule is COCCOC[C@@]12C[C@@H](C(=O)Nc3nc(Br)ccc3C)N(C(=O)OC(C)(C)C)[C@@H]1C2. The number of carbonyl (C=O) groups excluding carboxylic acids is 2. The number of hydrogen-bond acceptors (Lipinski definition) is 6. The van der Waals surface area contributed by atoms with Crippen molar-refractivity contribution in [1.82, 2.24) is 9.88 Å². The van der Waals surface area contributed by atoms with Gasteiger partial charge in [0, 0.05) is 18.6 Å². The van der Waals surface area contributed by atoms with Crippen LogP contribution in [-0.4, -0.2) is 66.5 Å². The highest BCUT2D eigenvalue weighted by atomic mass is 79.9. The third kappa shape index (κ3) is 5.12. The van der Waals surface area contributed by atoms with Crippen LogP contribution in [0.5, 0.6) is 0 Å². The van der Waals surface area contributed by atoms with Crippen molar-refractivity contribution in [2.45, 2.75) is 58.2 Å². The summed E-state index contributed by atoms with van der Waals surface area (Å²) in [7, 11) is 1.62. The summed E-state index contributed by atoms with van der Waals surface area (Å²) in [6.45, 7) is 8.80. The average Bonchev–Trinajstić information content (AvgIpc) is 3.24. The van der Waals surface area contributed by atoms with E-state index in [4.69, 9.17) is 14.2 Å². The highest BCUT2D eigenvalue weighted by molar-refractivity contribution is 9.10. The van der Waals surface area contributed by atoms with Crippen LogP contribution in [0, 0.1) is 12.3 Å². The second-order valence-corrected chi connectivity index (χ2v) is 9.84. The zero-order valence-electron chi connectivity index (χ0n) is 18.2. The van der Waals surface area contributed by atoms with Crippen molar-refractivity contribution in [3.63, 3.8) is 0 Å². The van der Waals surface area contributed by atoms with E-state index in [0.29, 0.717) is 36.7 Å². The Morgan fingerprint density at radius 2 is 2.03 bits per heavy atom. The molecule has 1 aliphatic carbocycles. The molecular weight excluding hydrogens is 454 g/mol. The van der Waals surface area contributed by atoms with E-state index < -0.39 is 17.7 Å². The predicted molar refractivity (Wildman–Crippen MR) is 115 cm³/mol. The molecule has 2 fully saturated rings. The fraction of sp³-hybridized carbons (Fsp3) is 0.667. The van der Waals surface area contributed by atoms with E-state index in [1.807, 2.05) is 39.8 Å². The maximum absolute atomic E-state index is 13.2. The number of piperidine rings is 1. The van der Waals surface area contributed by atoms with Gasteiger partial charge < -0.3 is 19.5 Å². The van der Waals surface area contributed by atoms with E-state index in [-0.39, 0.29) is 17.4 Å². The smallest absolute Gasteiger partial charge is 0.411 e. The number of fused-ring (bicyclic) bond motifs is 1. The Kier molecular flexibility index (Phi) is 6.74. The Labute approximate surface area is 185 Å². The number of methoxy groups -OCH3 is 1. The van der Waals surface area contributed by atoms with Gasteiger partial charge in [-0.1, -0.05) is 6.07 Å². The first-order chi connectivity index (χ1) is 14.1. The number of anilines is 1. The van der Waals surface area contributed by atoms with Crippen molar-refractivity contribution >= 4 is 33.7 Å². The van der Waals surface area contributed by atoms with E-state index in [1.165, 1.54) is 0 Å². The first-order valence-corrected chi connectivity index (χ1v) is 10.9. The van der Waals surface area contributed by atoms with Gasteiger partial charge in [0.2, 0.25) is 5.91 Å². The monoisotopic (exact) mass is 483 g/mol. The van der Waals surface area contributed by atoms with Crippen LogP contribution >= 0.6 is 15.9 Å². The molecule has 1 aromatic rings. The summed E-state index contributed by atoms with van der Waals surface area (Å²) in [5.41, 5.74) is -0.0154. The minimum absolute atomic E-state index is 0.0674. The molecule has 0 unspecified atom stereocenters. The Hall–Kier alpha value is -1.71. The summed E-state index contributed by atoms with van der Waals surface area (Å²) in [4.78, 5) is 32.0. The molecule has 0 radical (unpaired) electrons. The molecule has 1 N–H and O–H groups in total. The summed E-state index contributed by atoms with van der Waals surface area (Å²) < 4.78 is 17.0. The van der Waals surface area contributed by atoms with Gasteiger partial charge in [0.05, 0.1) is 19.8 Å². The number of aryl methyl sites for hydroxylation is 1. The van der Waals surface area contributed by atoms with Gasteiger partial charge in [-0.05, 0) is 68.1 Å². The van der Waals surface area contributed by atoms with Gasteiger partial charge >= 0.3 is 6.09 Å². The standard InChI is InChI=1S/C21H30BrN3O5/c1-13-6-7-16(22)23-17(13)24-18(26)14-10-21(12-29-9-8-28-5)11-15(21)25(14)19(27)30-20(2,3)4/h6-7,14-15H,8-12H2,1-5H3,(H,23,24,26)/t14-,15+,21-/m0/s1. The maximum Gasteiger partial charge on any atom is 0.411 e. The van der Waals surface area contributed by atoms with Crippen molar-refractivity contribution < 1.29 is 23.8 Å². The first-order valence-electron chi connectivity index (χ1n) is 10.1. The molecule has 1 aliphatic heterocycles. The van der Waals surface area contributed by atoms with E-state index in [1.54, 1.807) is 12.0 Å². The number of ether oxygens (including phenoxy) is 3. The zero-order chi connectivity index (χ0) is 22.1. The summed E-state index contributed by atoms with van der Waals surface area (Å²) in [6.07, 6.45) is 0.864. The molecule has 0 spiro atoms. The normalized spacial score (nSPS) is 25.1. The zero-order valence-corrected chi connectivity index (χ0v) is 19.7. The van der Waals surface area contributed by atoms with Crippen molar-refractivity contribution in [2.75, 3.05) is 32.2 Å². The fourth-order valence-corrected chi connectivity index (χ4v) is 4.20. The van der Waals surface area contributed by atoms with Crippen LogP contribution in [0.25, 0.3) is 0 Å². The number of carbonyl (C=O) groups is 2. The molecule has 1 aromatic heterocycles. The number of aromatic nitrogens is 1. The predicted octanol–water partition coefficient (Wildman–Crippen LogP) is 3.52. The summed E-state index contributed by atoms with van der Waals surface area (Å²) in [6, 6.07) is 2.98. The second kappa shape index (κ2) is 8.80. The van der Waals surface area contributed by atoms with Crippen LogP contribution in [0.3, 0.4) is 0 Å². The fourth-order valence-electron chi connectivity index (χ4n) is 3.89. The molecule has 1 saturated carbocycles. The van der Waals surface area contributed by atoms with Gasteiger partial charge in [-0.15, -0.1) is 0 Å². The summed E-state index contributed by atoms with van der Waals surface area (Å²) >= 11 is 3.33. The lowest BCUT2D eigenvalue weighted by atomic mass is 10.00. The van der Waals surface area contributed by atoms with E-state index >= 15 is 0 Å². The van der Waals surface area contributed by atoms with Crippen molar-refractivity contribution in [3.05, 3.63) is 22.3 Å². The molecule has 9 heteroatoms. The van der Waals surface area contributed by atoms with Crippen molar-refractivity contribution in [3.8, 4) is 0 Å². The minimum Gasteiger partial charge on any atom is -0.444 e. The van der Waals surface area contributed by atoms with Gasteiger partial charge in [-0.3, -0.25) is 9.69 Å². The molecular formula is C21H30BrN3O5. The molecule has 2 heterocycles. The van der Waals surface area contributed by atoms with Crippen molar-refractivity contribution in [1.29, 1.82) is 0 Å². The van der Waals surface area contributed by atoms with E-state index in [0.717, 1.165) is 12.0 Å². The third-order valence-corrected chi connectivity index (χ3v) is 5.89. The highest BCUT2D eigenvalue weighted by Crippen LogP contribution is 2.60. The molecule has 8 nitrogen and oxygen atoms in total. The summed E-state index contributed by atoms with van der Waals surface area (Å²) in [5, 5.41) is 2.89. The van der Waals surface area contributed by atoms with Crippen LogP contribution in [0.4, 0.5) is 10.6 Å². The Bertz CT molecular complexity index is 812. The van der Waals surface area contributed by atoms with E-state index in [9.17, 15) is 9.59 Å². The average molecular weight is 484 g/mol. The van der Waals surface area contributed by atoms with Crippen molar-refractivity contribution in [2.24, 2.45) is 5.41 Å². The minimum atomic E-state index is -0.643. The van der Waals surface area contributed by atoms with Crippen LogP contribution in [0.2, 0.25) is 0 Å². The molecule has 166 valence electrons.